The number of rotatable bonds is 6. The zero-order valence-electron chi connectivity index (χ0n) is 20.4. The first-order valence-electron chi connectivity index (χ1n) is 11.4. The summed E-state index contributed by atoms with van der Waals surface area (Å²) in [4.78, 5) is 26.7. The molecule has 5 aromatic rings. The number of anilines is 1. The molecule has 36 heavy (non-hydrogen) atoms. The molecule has 1 amide bonds. The molecule has 5 rings (SSSR count). The zero-order valence-corrected chi connectivity index (χ0v) is 21.2. The van der Waals surface area contributed by atoms with Crippen LogP contribution in [-0.4, -0.2) is 23.0 Å². The van der Waals surface area contributed by atoms with Crippen molar-refractivity contribution in [3.63, 3.8) is 0 Å². The molecule has 0 aliphatic heterocycles. The highest BCUT2D eigenvalue weighted by atomic mass is 32.1. The predicted octanol–water partition coefficient (Wildman–Crippen LogP) is 6.40. The predicted molar refractivity (Wildman–Crippen MR) is 145 cm³/mol. The molecule has 0 saturated carbocycles. The Labute approximate surface area is 212 Å². The van der Waals surface area contributed by atoms with E-state index in [1.165, 1.54) is 11.3 Å². The average molecular weight is 499 g/mol. The highest BCUT2D eigenvalue weighted by Gasteiger charge is 2.27. The minimum absolute atomic E-state index is 0.242. The number of carbonyl (C=O) groups excluding carboxylic acids is 1. The van der Waals surface area contributed by atoms with E-state index in [2.05, 4.69) is 16.4 Å². The third kappa shape index (κ3) is 4.21. The number of aromatic nitrogens is 2. The summed E-state index contributed by atoms with van der Waals surface area (Å²) >= 11 is 1.50. The van der Waals surface area contributed by atoms with Crippen LogP contribution in [0.3, 0.4) is 0 Å². The molecular formula is C28H26N4O3S. The summed E-state index contributed by atoms with van der Waals surface area (Å²) in [5.74, 6) is 7.04. The van der Waals surface area contributed by atoms with Crippen molar-refractivity contribution in [1.82, 2.24) is 9.97 Å². The van der Waals surface area contributed by atoms with Crippen LogP contribution in [0, 0.1) is 20.8 Å². The molecule has 0 fully saturated rings. The Bertz CT molecular complexity index is 1600. The maximum Gasteiger partial charge on any atom is 0.257 e. The fraction of sp³-hybridized carbons (Fsp3) is 0.143. The number of thiazole rings is 1. The molecule has 0 unspecified atom stereocenters. The van der Waals surface area contributed by atoms with Crippen molar-refractivity contribution in [3.8, 4) is 33.3 Å². The standard InChI is InChI=1S/C28H26N4O3S/c1-15-9-11-19(17(3)13-15)23-24(28-30-21-12-10-18(34-4)14-22(21)36-28)25(32-27(23)35-29)31-26(33)20-8-6-5-7-16(20)2/h5-14,32H,29H2,1-4H3,(H,31,33). The van der Waals surface area contributed by atoms with Gasteiger partial charge in [0, 0.05) is 5.56 Å². The number of aromatic amines is 1. The molecular weight excluding hydrogens is 472 g/mol. The van der Waals surface area contributed by atoms with Gasteiger partial charge < -0.3 is 19.9 Å². The maximum atomic E-state index is 13.3. The molecule has 0 radical (unpaired) electrons. The quantitative estimate of drug-likeness (QED) is 0.235. The number of methoxy groups -OCH3 is 1. The molecule has 0 aliphatic rings. The van der Waals surface area contributed by atoms with E-state index in [0.29, 0.717) is 27.8 Å². The Morgan fingerprint density at radius 3 is 2.53 bits per heavy atom. The van der Waals surface area contributed by atoms with Crippen molar-refractivity contribution < 1.29 is 14.4 Å². The number of nitrogens with zero attached hydrogens (tertiary/aromatic N) is 1. The van der Waals surface area contributed by atoms with Crippen LogP contribution in [0.25, 0.3) is 31.9 Å². The van der Waals surface area contributed by atoms with Crippen LogP contribution in [-0.2, 0) is 0 Å². The van der Waals surface area contributed by atoms with Crippen molar-refractivity contribution in [2.24, 2.45) is 5.90 Å². The molecule has 0 bridgehead atoms. The van der Waals surface area contributed by atoms with E-state index in [1.54, 1.807) is 13.2 Å². The molecule has 0 atom stereocenters. The summed E-state index contributed by atoms with van der Waals surface area (Å²) in [6.07, 6.45) is 0. The van der Waals surface area contributed by atoms with Crippen molar-refractivity contribution in [2.75, 3.05) is 12.4 Å². The van der Waals surface area contributed by atoms with Gasteiger partial charge in [0.1, 0.15) is 16.6 Å². The normalized spacial score (nSPS) is 11.0. The number of ether oxygens (including phenoxy) is 1. The lowest BCUT2D eigenvalue weighted by Gasteiger charge is -2.11. The van der Waals surface area contributed by atoms with Crippen molar-refractivity contribution >= 4 is 33.3 Å². The van der Waals surface area contributed by atoms with Crippen LogP contribution in [0.15, 0.2) is 60.7 Å². The van der Waals surface area contributed by atoms with Crippen molar-refractivity contribution in [3.05, 3.63) is 82.9 Å². The molecule has 8 heteroatoms. The first-order valence-corrected chi connectivity index (χ1v) is 12.2. The number of nitrogens with two attached hydrogens (primary N) is 1. The Morgan fingerprint density at radius 1 is 1.00 bits per heavy atom. The summed E-state index contributed by atoms with van der Waals surface area (Å²) in [6.45, 7) is 5.99. The summed E-state index contributed by atoms with van der Waals surface area (Å²) in [7, 11) is 1.64. The van der Waals surface area contributed by atoms with E-state index < -0.39 is 0 Å². The monoisotopic (exact) mass is 498 g/mol. The van der Waals surface area contributed by atoms with Gasteiger partial charge in [-0.05, 0) is 61.7 Å². The second kappa shape index (κ2) is 9.49. The van der Waals surface area contributed by atoms with Gasteiger partial charge in [-0.3, -0.25) is 4.79 Å². The summed E-state index contributed by atoms with van der Waals surface area (Å²) < 4.78 is 6.36. The largest absolute Gasteiger partial charge is 0.497 e. The third-order valence-electron chi connectivity index (χ3n) is 6.17. The second-order valence-electron chi connectivity index (χ2n) is 8.64. The number of benzene rings is 3. The number of H-pyrrole nitrogens is 1. The fourth-order valence-electron chi connectivity index (χ4n) is 4.37. The van der Waals surface area contributed by atoms with E-state index in [9.17, 15) is 4.79 Å². The third-order valence-corrected chi connectivity index (χ3v) is 7.21. The number of fused-ring (bicyclic) bond motifs is 1. The van der Waals surface area contributed by atoms with Gasteiger partial charge in [0.15, 0.2) is 0 Å². The van der Waals surface area contributed by atoms with E-state index in [-0.39, 0.29) is 5.91 Å². The van der Waals surface area contributed by atoms with E-state index in [0.717, 1.165) is 43.8 Å². The van der Waals surface area contributed by atoms with Crippen LogP contribution >= 0.6 is 11.3 Å². The van der Waals surface area contributed by atoms with Crippen LogP contribution in [0.5, 0.6) is 11.6 Å². The molecule has 2 aromatic heterocycles. The van der Waals surface area contributed by atoms with Gasteiger partial charge in [-0.2, -0.15) is 5.90 Å². The lowest BCUT2D eigenvalue weighted by atomic mass is 9.97. The Morgan fingerprint density at radius 2 is 1.81 bits per heavy atom. The second-order valence-corrected chi connectivity index (χ2v) is 9.67. The summed E-state index contributed by atoms with van der Waals surface area (Å²) in [5.41, 5.74) is 6.85. The lowest BCUT2D eigenvalue weighted by molar-refractivity contribution is 0.102. The van der Waals surface area contributed by atoms with E-state index >= 15 is 0 Å². The van der Waals surface area contributed by atoms with Crippen LogP contribution < -0.4 is 20.8 Å². The first-order chi connectivity index (χ1) is 17.4. The zero-order chi connectivity index (χ0) is 25.4. The number of carbonyl (C=O) groups is 1. The number of nitrogens with one attached hydrogen (secondary N) is 2. The minimum Gasteiger partial charge on any atom is -0.497 e. The van der Waals surface area contributed by atoms with E-state index in [1.807, 2.05) is 69.3 Å². The van der Waals surface area contributed by atoms with Gasteiger partial charge in [0.05, 0.1) is 28.5 Å². The molecule has 182 valence electrons. The van der Waals surface area contributed by atoms with Gasteiger partial charge in [-0.15, -0.1) is 11.3 Å². The Hall–Kier alpha value is -4.14. The molecule has 3 aromatic carbocycles. The molecule has 2 heterocycles. The molecule has 4 N–H and O–H groups in total. The summed E-state index contributed by atoms with van der Waals surface area (Å²) in [6, 6.07) is 19.4. The van der Waals surface area contributed by atoms with Gasteiger partial charge in [0.2, 0.25) is 5.88 Å². The van der Waals surface area contributed by atoms with Crippen LogP contribution in [0.1, 0.15) is 27.0 Å². The average Bonchev–Trinajstić information content (AvgIpc) is 3.44. The Kier molecular flexibility index (Phi) is 6.22. The minimum atomic E-state index is -0.242. The fourth-order valence-corrected chi connectivity index (χ4v) is 5.42. The molecule has 0 aliphatic carbocycles. The molecule has 0 saturated heterocycles. The number of hydrogen-bond acceptors (Lipinski definition) is 6. The maximum absolute atomic E-state index is 13.3. The number of aryl methyl sites for hydroxylation is 3. The van der Waals surface area contributed by atoms with Gasteiger partial charge in [-0.1, -0.05) is 42.0 Å². The van der Waals surface area contributed by atoms with Gasteiger partial charge in [0.25, 0.3) is 5.91 Å². The van der Waals surface area contributed by atoms with Crippen LogP contribution in [0.2, 0.25) is 0 Å². The number of amides is 1. The highest BCUT2D eigenvalue weighted by Crippen LogP contribution is 2.47. The highest BCUT2D eigenvalue weighted by molar-refractivity contribution is 7.21. The SMILES string of the molecule is COc1ccc2nc(-c3c(NC(=O)c4ccccc4C)[nH]c(ON)c3-c3ccc(C)cc3C)sc2c1. The van der Waals surface area contributed by atoms with Crippen molar-refractivity contribution in [1.29, 1.82) is 0 Å². The van der Waals surface area contributed by atoms with Gasteiger partial charge in [-0.25, -0.2) is 4.98 Å². The first kappa shape index (κ1) is 23.6. The smallest absolute Gasteiger partial charge is 0.257 e. The Balaban J connectivity index is 1.73. The summed E-state index contributed by atoms with van der Waals surface area (Å²) in [5, 5.41) is 3.76. The van der Waals surface area contributed by atoms with Gasteiger partial charge >= 0.3 is 0 Å². The molecule has 0 spiro atoms. The number of hydrogen-bond donors (Lipinski definition) is 3. The van der Waals surface area contributed by atoms with Crippen LogP contribution in [0.4, 0.5) is 5.82 Å². The topological polar surface area (TPSA) is 102 Å². The van der Waals surface area contributed by atoms with Crippen molar-refractivity contribution in [2.45, 2.75) is 20.8 Å². The molecule has 7 nitrogen and oxygen atoms in total. The lowest BCUT2D eigenvalue weighted by Crippen LogP contribution is -2.14. The van der Waals surface area contributed by atoms with E-state index in [4.69, 9.17) is 20.5 Å².